The second-order valence-electron chi connectivity index (χ2n) is 3.46. The van der Waals surface area contributed by atoms with Crippen LogP contribution in [0, 0.1) is 0 Å². The molecule has 1 aliphatic rings. The topological polar surface area (TPSA) is 34.0 Å². The Bertz CT molecular complexity index is 357. The molecule has 0 aromatic carbocycles. The van der Waals surface area contributed by atoms with E-state index < -0.39 is 12.0 Å². The van der Waals surface area contributed by atoms with Gasteiger partial charge in [-0.1, -0.05) is 6.92 Å². The highest BCUT2D eigenvalue weighted by Gasteiger charge is 2.39. The minimum atomic E-state index is -4.40. The summed E-state index contributed by atoms with van der Waals surface area (Å²) in [4.78, 5) is 2.03. The van der Waals surface area contributed by atoms with E-state index in [4.69, 9.17) is 0 Å². The van der Waals surface area contributed by atoms with Crippen molar-refractivity contribution in [3.63, 3.8) is 0 Å². The molecule has 0 saturated heterocycles. The molecule has 84 valence electrons. The van der Waals surface area contributed by atoms with Crippen LogP contribution in [-0.2, 0) is 19.3 Å². The molecule has 7 heteroatoms. The number of hydrogen-bond acceptors (Lipinski definition) is 3. The fourth-order valence-electron chi connectivity index (χ4n) is 1.69. The van der Waals surface area contributed by atoms with Gasteiger partial charge < -0.3 is 4.57 Å². The number of halogens is 3. The second-order valence-corrected chi connectivity index (χ2v) is 3.46. The van der Waals surface area contributed by atoms with E-state index in [1.165, 1.54) is 0 Å². The van der Waals surface area contributed by atoms with Gasteiger partial charge in [-0.25, -0.2) is 0 Å². The molecule has 1 aromatic heterocycles. The van der Waals surface area contributed by atoms with Gasteiger partial charge in [0.05, 0.1) is 6.54 Å². The molecule has 15 heavy (non-hydrogen) atoms. The minimum absolute atomic E-state index is 0.311. The average Bonchev–Trinajstić information content (AvgIpc) is 2.59. The number of likely N-dealkylation sites (N-methyl/N-ethyl adjacent to an activating group) is 1. The number of fused-ring (bicyclic) bond motifs is 1. The zero-order valence-electron chi connectivity index (χ0n) is 8.25. The number of hydrogen-bond donors (Lipinski definition) is 0. The predicted molar refractivity (Wildman–Crippen MR) is 46.0 cm³/mol. The lowest BCUT2D eigenvalue weighted by Crippen LogP contribution is -2.35. The second kappa shape index (κ2) is 3.48. The summed E-state index contributed by atoms with van der Waals surface area (Å²) >= 11 is 0. The van der Waals surface area contributed by atoms with Crippen molar-refractivity contribution in [3.05, 3.63) is 11.6 Å². The number of alkyl halides is 3. The third-order valence-corrected chi connectivity index (χ3v) is 2.53. The van der Waals surface area contributed by atoms with Crippen LogP contribution in [-0.4, -0.2) is 32.8 Å². The van der Waals surface area contributed by atoms with Crippen LogP contribution in [0.2, 0.25) is 0 Å². The summed E-state index contributed by atoms with van der Waals surface area (Å²) in [5.41, 5.74) is 0. The Morgan fingerprint density at radius 3 is 2.60 bits per heavy atom. The van der Waals surface area contributed by atoms with Crippen LogP contribution in [0.1, 0.15) is 18.6 Å². The van der Waals surface area contributed by atoms with Gasteiger partial charge in [0.2, 0.25) is 5.82 Å². The van der Waals surface area contributed by atoms with E-state index in [9.17, 15) is 13.2 Å². The van der Waals surface area contributed by atoms with Crippen molar-refractivity contribution in [2.75, 3.05) is 13.1 Å². The molecule has 0 atom stereocenters. The maximum absolute atomic E-state index is 12.5. The highest BCUT2D eigenvalue weighted by molar-refractivity contribution is 5.02. The van der Waals surface area contributed by atoms with Gasteiger partial charge in [0.1, 0.15) is 5.82 Å². The van der Waals surface area contributed by atoms with E-state index in [1.54, 1.807) is 0 Å². The minimum Gasteiger partial charge on any atom is -0.305 e. The summed E-state index contributed by atoms with van der Waals surface area (Å²) in [5, 5.41) is 6.77. The number of rotatable bonds is 1. The monoisotopic (exact) mass is 220 g/mol. The van der Waals surface area contributed by atoms with Crippen molar-refractivity contribution in [2.45, 2.75) is 26.2 Å². The standard InChI is InChI=1S/C8H11F3N4/c1-2-14-3-4-15-6(5-14)12-13-7(15)8(9,10)11/h2-5H2,1H3. The quantitative estimate of drug-likeness (QED) is 0.711. The molecular weight excluding hydrogens is 209 g/mol. The first-order valence-corrected chi connectivity index (χ1v) is 4.74. The lowest BCUT2D eigenvalue weighted by molar-refractivity contribution is -0.148. The van der Waals surface area contributed by atoms with Gasteiger partial charge in [-0.2, -0.15) is 13.2 Å². The molecular formula is C8H11F3N4. The van der Waals surface area contributed by atoms with Gasteiger partial charge in [0.25, 0.3) is 0 Å². The summed E-state index contributed by atoms with van der Waals surface area (Å²) in [7, 11) is 0. The van der Waals surface area contributed by atoms with Gasteiger partial charge in [-0.05, 0) is 6.54 Å². The Hall–Kier alpha value is -1.11. The third-order valence-electron chi connectivity index (χ3n) is 2.53. The van der Waals surface area contributed by atoms with Crippen LogP contribution in [0.25, 0.3) is 0 Å². The van der Waals surface area contributed by atoms with Gasteiger partial charge in [-0.15, -0.1) is 10.2 Å². The molecule has 4 nitrogen and oxygen atoms in total. The lowest BCUT2D eigenvalue weighted by atomic mass is 10.3. The zero-order valence-corrected chi connectivity index (χ0v) is 8.25. The molecule has 1 aliphatic heterocycles. The van der Waals surface area contributed by atoms with Crippen LogP contribution < -0.4 is 0 Å². The van der Waals surface area contributed by atoms with E-state index in [0.717, 1.165) is 11.1 Å². The average molecular weight is 220 g/mol. The van der Waals surface area contributed by atoms with E-state index in [1.807, 2.05) is 11.8 Å². The Labute approximate surface area is 84.7 Å². The van der Waals surface area contributed by atoms with Crippen LogP contribution >= 0.6 is 0 Å². The molecule has 1 aromatic rings. The molecule has 2 heterocycles. The van der Waals surface area contributed by atoms with E-state index >= 15 is 0 Å². The maximum atomic E-state index is 12.5. The van der Waals surface area contributed by atoms with Crippen molar-refractivity contribution in [1.82, 2.24) is 19.7 Å². The van der Waals surface area contributed by atoms with Crippen LogP contribution in [0.15, 0.2) is 0 Å². The zero-order chi connectivity index (χ0) is 11.1. The molecule has 0 N–H and O–H groups in total. The maximum Gasteiger partial charge on any atom is 0.451 e. The van der Waals surface area contributed by atoms with Crippen LogP contribution in [0.4, 0.5) is 13.2 Å². The lowest BCUT2D eigenvalue weighted by Gasteiger charge is -2.26. The van der Waals surface area contributed by atoms with Gasteiger partial charge in [-0.3, -0.25) is 4.90 Å². The van der Waals surface area contributed by atoms with E-state index in [0.29, 0.717) is 25.5 Å². The van der Waals surface area contributed by atoms with Crippen LogP contribution in [0.3, 0.4) is 0 Å². The largest absolute Gasteiger partial charge is 0.451 e. The number of aromatic nitrogens is 3. The number of nitrogens with zero attached hydrogens (tertiary/aromatic N) is 4. The highest BCUT2D eigenvalue weighted by atomic mass is 19.4. The van der Waals surface area contributed by atoms with Crippen LogP contribution in [0.5, 0.6) is 0 Å². The fourth-order valence-corrected chi connectivity index (χ4v) is 1.69. The molecule has 0 amide bonds. The summed E-state index contributed by atoms with van der Waals surface area (Å²) in [5.74, 6) is -0.483. The first-order chi connectivity index (χ1) is 7.02. The Kier molecular flexibility index (Phi) is 2.41. The molecule has 0 radical (unpaired) electrons. The molecule has 0 bridgehead atoms. The van der Waals surface area contributed by atoms with Crippen molar-refractivity contribution in [1.29, 1.82) is 0 Å². The predicted octanol–water partition coefficient (Wildman–Crippen LogP) is 1.13. The van der Waals surface area contributed by atoms with E-state index in [2.05, 4.69) is 10.2 Å². The summed E-state index contributed by atoms with van der Waals surface area (Å²) < 4.78 is 38.5. The Morgan fingerprint density at radius 2 is 2.00 bits per heavy atom. The van der Waals surface area contributed by atoms with Crippen molar-refractivity contribution < 1.29 is 13.2 Å². The smallest absolute Gasteiger partial charge is 0.305 e. The summed E-state index contributed by atoms with van der Waals surface area (Å²) in [6, 6.07) is 0. The first-order valence-electron chi connectivity index (χ1n) is 4.74. The molecule has 0 spiro atoms. The molecule has 2 rings (SSSR count). The van der Waals surface area contributed by atoms with Crippen molar-refractivity contribution in [2.24, 2.45) is 0 Å². The first kappa shape index (κ1) is 10.4. The van der Waals surface area contributed by atoms with Gasteiger partial charge >= 0.3 is 6.18 Å². The third kappa shape index (κ3) is 1.83. The SMILES string of the molecule is CCN1CCn2c(nnc2C(F)(F)F)C1. The Balaban J connectivity index is 2.30. The molecule has 0 unspecified atom stereocenters. The van der Waals surface area contributed by atoms with Crippen molar-refractivity contribution >= 4 is 0 Å². The normalized spacial score (nSPS) is 17.9. The van der Waals surface area contributed by atoms with Crippen molar-refractivity contribution in [3.8, 4) is 0 Å². The Morgan fingerprint density at radius 1 is 1.27 bits per heavy atom. The molecule has 0 saturated carbocycles. The van der Waals surface area contributed by atoms with Gasteiger partial charge in [0, 0.05) is 13.1 Å². The molecule has 0 fully saturated rings. The van der Waals surface area contributed by atoms with E-state index in [-0.39, 0.29) is 0 Å². The molecule has 0 aliphatic carbocycles. The summed E-state index contributed by atoms with van der Waals surface area (Å²) in [6.45, 7) is 4.15. The summed E-state index contributed by atoms with van der Waals surface area (Å²) in [6.07, 6.45) is -4.40. The highest BCUT2D eigenvalue weighted by Crippen LogP contribution is 2.29. The van der Waals surface area contributed by atoms with Gasteiger partial charge in [0.15, 0.2) is 0 Å². The fraction of sp³-hybridized carbons (Fsp3) is 0.750.